The van der Waals surface area contributed by atoms with Crippen LogP contribution in [0.25, 0.3) is 0 Å². The molecule has 0 radical (unpaired) electrons. The monoisotopic (exact) mass is 352 g/mol. The molecule has 2 fully saturated rings. The molecule has 136 valence electrons. The first-order valence-electron chi connectivity index (χ1n) is 9.47. The standard InChI is InChI=1S/C22H25FN2O/c23-19-10-6-9-18(13-19)20-15-25(14-17-7-2-1-3-8-17)16-22(20)12-5-4-11-21(26)24-22/h1-3,6-10,13,20H,4-5,11-12,14-16H2,(H,24,26)/t20-,22+/m0/s1. The topological polar surface area (TPSA) is 32.3 Å². The van der Waals surface area contributed by atoms with Crippen molar-refractivity contribution in [2.75, 3.05) is 13.1 Å². The molecule has 4 heteroatoms. The van der Waals surface area contributed by atoms with Crippen LogP contribution < -0.4 is 5.32 Å². The highest BCUT2D eigenvalue weighted by Gasteiger charge is 2.48. The Labute approximate surface area is 154 Å². The fourth-order valence-corrected chi connectivity index (χ4v) is 4.63. The number of likely N-dealkylation sites (tertiary alicyclic amines) is 1. The molecule has 0 bridgehead atoms. The number of carbonyl (C=O) groups is 1. The Morgan fingerprint density at radius 2 is 1.96 bits per heavy atom. The Kier molecular flexibility index (Phi) is 4.77. The molecule has 3 nitrogen and oxygen atoms in total. The maximum atomic E-state index is 13.9. The number of benzene rings is 2. The van der Waals surface area contributed by atoms with Crippen LogP contribution in [-0.4, -0.2) is 29.4 Å². The van der Waals surface area contributed by atoms with Crippen LogP contribution in [0.15, 0.2) is 54.6 Å². The van der Waals surface area contributed by atoms with Crippen LogP contribution in [0.3, 0.4) is 0 Å². The summed E-state index contributed by atoms with van der Waals surface area (Å²) in [6.45, 7) is 2.50. The van der Waals surface area contributed by atoms with Gasteiger partial charge in [-0.2, -0.15) is 0 Å². The third kappa shape index (κ3) is 3.51. The lowest BCUT2D eigenvalue weighted by Crippen LogP contribution is -2.52. The van der Waals surface area contributed by atoms with Gasteiger partial charge in [0.25, 0.3) is 0 Å². The number of rotatable bonds is 3. The maximum Gasteiger partial charge on any atom is 0.220 e. The van der Waals surface area contributed by atoms with Crippen LogP contribution in [0.5, 0.6) is 0 Å². The summed E-state index contributed by atoms with van der Waals surface area (Å²) in [5.41, 5.74) is 1.96. The second-order valence-corrected chi connectivity index (χ2v) is 7.67. The molecule has 26 heavy (non-hydrogen) atoms. The first-order valence-corrected chi connectivity index (χ1v) is 9.47. The average Bonchev–Trinajstić information content (AvgIpc) is 2.85. The number of amides is 1. The van der Waals surface area contributed by atoms with Crippen LogP contribution >= 0.6 is 0 Å². The maximum absolute atomic E-state index is 13.9. The van der Waals surface area contributed by atoms with Gasteiger partial charge in [0.2, 0.25) is 5.91 Å². The van der Waals surface area contributed by atoms with Gasteiger partial charge in [-0.1, -0.05) is 48.9 Å². The highest BCUT2D eigenvalue weighted by molar-refractivity contribution is 5.77. The van der Waals surface area contributed by atoms with Crippen LogP contribution in [0.1, 0.15) is 42.7 Å². The molecular weight excluding hydrogens is 327 g/mol. The Hall–Kier alpha value is -2.20. The van der Waals surface area contributed by atoms with E-state index in [4.69, 9.17) is 0 Å². The van der Waals surface area contributed by atoms with E-state index < -0.39 is 0 Å². The summed E-state index contributed by atoms with van der Waals surface area (Å²) in [5.74, 6) is 0.0357. The zero-order valence-corrected chi connectivity index (χ0v) is 15.0. The van der Waals surface area contributed by atoms with Crippen molar-refractivity contribution in [1.29, 1.82) is 0 Å². The molecule has 0 saturated carbocycles. The van der Waals surface area contributed by atoms with Gasteiger partial charge in [0.05, 0.1) is 5.54 Å². The SMILES string of the molecule is O=C1CCCC[C@]2(CN(Cc3ccccc3)C[C@H]2c2cccc(F)c2)N1. The summed E-state index contributed by atoms with van der Waals surface area (Å²) in [6.07, 6.45) is 3.51. The van der Waals surface area contributed by atoms with Gasteiger partial charge in [0.1, 0.15) is 5.82 Å². The van der Waals surface area contributed by atoms with E-state index in [1.54, 1.807) is 12.1 Å². The van der Waals surface area contributed by atoms with Gasteiger partial charge in [-0.05, 0) is 36.1 Å². The Balaban J connectivity index is 1.65. The van der Waals surface area contributed by atoms with Gasteiger partial charge in [-0.25, -0.2) is 4.39 Å². The van der Waals surface area contributed by atoms with E-state index in [0.29, 0.717) is 6.42 Å². The van der Waals surface area contributed by atoms with E-state index >= 15 is 0 Å². The normalized spacial score (nSPS) is 26.7. The zero-order valence-electron chi connectivity index (χ0n) is 15.0. The second-order valence-electron chi connectivity index (χ2n) is 7.67. The predicted molar refractivity (Wildman–Crippen MR) is 100 cm³/mol. The average molecular weight is 352 g/mol. The number of hydrogen-bond acceptors (Lipinski definition) is 2. The van der Waals surface area contributed by atoms with Crippen molar-refractivity contribution in [3.63, 3.8) is 0 Å². The van der Waals surface area contributed by atoms with E-state index in [1.807, 2.05) is 12.1 Å². The summed E-state index contributed by atoms with van der Waals surface area (Å²) < 4.78 is 13.9. The molecular formula is C22H25FN2O. The third-order valence-electron chi connectivity index (χ3n) is 5.78. The zero-order chi connectivity index (χ0) is 18.0. The minimum absolute atomic E-state index is 0.115. The lowest BCUT2D eigenvalue weighted by atomic mass is 9.79. The van der Waals surface area contributed by atoms with E-state index in [2.05, 4.69) is 34.5 Å². The summed E-state index contributed by atoms with van der Waals surface area (Å²) in [7, 11) is 0. The number of nitrogens with one attached hydrogen (secondary N) is 1. The highest BCUT2D eigenvalue weighted by Crippen LogP contribution is 2.41. The first kappa shape index (κ1) is 17.2. The van der Waals surface area contributed by atoms with Gasteiger partial charge in [0, 0.05) is 32.0 Å². The van der Waals surface area contributed by atoms with Crippen molar-refractivity contribution in [3.05, 3.63) is 71.5 Å². The molecule has 2 heterocycles. The lowest BCUT2D eigenvalue weighted by Gasteiger charge is -2.35. The lowest BCUT2D eigenvalue weighted by molar-refractivity contribution is -0.122. The van der Waals surface area contributed by atoms with Gasteiger partial charge < -0.3 is 5.32 Å². The molecule has 1 N–H and O–H groups in total. The van der Waals surface area contributed by atoms with Crippen molar-refractivity contribution < 1.29 is 9.18 Å². The number of nitrogens with zero attached hydrogens (tertiary/aromatic N) is 1. The van der Waals surface area contributed by atoms with Crippen molar-refractivity contribution in [3.8, 4) is 0 Å². The fourth-order valence-electron chi connectivity index (χ4n) is 4.63. The molecule has 2 aromatic carbocycles. The first-order chi connectivity index (χ1) is 12.6. The number of carbonyl (C=O) groups excluding carboxylic acids is 1. The highest BCUT2D eigenvalue weighted by atomic mass is 19.1. The van der Waals surface area contributed by atoms with E-state index in [1.165, 1.54) is 11.6 Å². The largest absolute Gasteiger partial charge is 0.349 e. The molecule has 1 amide bonds. The quantitative estimate of drug-likeness (QED) is 0.910. The molecule has 0 aromatic heterocycles. The molecule has 0 unspecified atom stereocenters. The molecule has 2 atom stereocenters. The van der Waals surface area contributed by atoms with Gasteiger partial charge in [-0.3, -0.25) is 9.69 Å². The summed E-state index contributed by atoms with van der Waals surface area (Å²) in [6, 6.07) is 17.3. The molecule has 2 saturated heterocycles. The Morgan fingerprint density at radius 1 is 1.12 bits per heavy atom. The fraction of sp³-hybridized carbons (Fsp3) is 0.409. The third-order valence-corrected chi connectivity index (χ3v) is 5.78. The van der Waals surface area contributed by atoms with Gasteiger partial charge in [-0.15, -0.1) is 0 Å². The van der Waals surface area contributed by atoms with Crippen molar-refractivity contribution >= 4 is 5.91 Å². The summed E-state index contributed by atoms with van der Waals surface area (Å²) >= 11 is 0. The van der Waals surface area contributed by atoms with Crippen molar-refractivity contribution in [1.82, 2.24) is 10.2 Å². The van der Waals surface area contributed by atoms with Crippen LogP contribution in [0.2, 0.25) is 0 Å². The van der Waals surface area contributed by atoms with E-state index in [0.717, 1.165) is 44.5 Å². The summed E-state index contributed by atoms with van der Waals surface area (Å²) in [5, 5.41) is 3.33. The smallest absolute Gasteiger partial charge is 0.220 e. The molecule has 2 aliphatic heterocycles. The van der Waals surface area contributed by atoms with Gasteiger partial charge in [0.15, 0.2) is 0 Å². The second kappa shape index (κ2) is 7.20. The van der Waals surface area contributed by atoms with Crippen LogP contribution in [0, 0.1) is 5.82 Å². The van der Waals surface area contributed by atoms with Crippen molar-refractivity contribution in [2.45, 2.75) is 43.7 Å². The molecule has 1 spiro atoms. The van der Waals surface area contributed by atoms with E-state index in [9.17, 15) is 9.18 Å². The molecule has 0 aliphatic carbocycles. The number of hydrogen-bond donors (Lipinski definition) is 1. The Morgan fingerprint density at radius 3 is 2.77 bits per heavy atom. The molecule has 2 aromatic rings. The summed E-state index contributed by atoms with van der Waals surface area (Å²) in [4.78, 5) is 14.7. The van der Waals surface area contributed by atoms with Gasteiger partial charge >= 0.3 is 0 Å². The van der Waals surface area contributed by atoms with Crippen LogP contribution in [-0.2, 0) is 11.3 Å². The van der Waals surface area contributed by atoms with Crippen molar-refractivity contribution in [2.24, 2.45) is 0 Å². The molecule has 4 rings (SSSR count). The predicted octanol–water partition coefficient (Wildman–Crippen LogP) is 3.85. The Bertz CT molecular complexity index is 779. The minimum Gasteiger partial charge on any atom is -0.349 e. The van der Waals surface area contributed by atoms with Crippen LogP contribution in [0.4, 0.5) is 4.39 Å². The van der Waals surface area contributed by atoms with E-state index in [-0.39, 0.29) is 23.2 Å². The minimum atomic E-state index is -0.295. The number of halogens is 1. The molecule has 2 aliphatic rings.